The van der Waals surface area contributed by atoms with Gasteiger partial charge in [-0.15, -0.1) is 0 Å². The summed E-state index contributed by atoms with van der Waals surface area (Å²) >= 11 is 0. The van der Waals surface area contributed by atoms with E-state index >= 15 is 0 Å². The number of anilines is 1. The van der Waals surface area contributed by atoms with Crippen molar-refractivity contribution in [3.63, 3.8) is 0 Å². The van der Waals surface area contributed by atoms with Gasteiger partial charge in [0.2, 0.25) is 0 Å². The van der Waals surface area contributed by atoms with E-state index < -0.39 is 28.7 Å². The van der Waals surface area contributed by atoms with E-state index in [9.17, 15) is 28.1 Å². The Bertz CT molecular complexity index is 866. The van der Waals surface area contributed by atoms with Crippen molar-refractivity contribution in [3.8, 4) is 0 Å². The Morgan fingerprint density at radius 1 is 1.14 bits per heavy atom. The minimum absolute atomic E-state index is 0.0724. The molecule has 1 saturated heterocycles. The van der Waals surface area contributed by atoms with Crippen molar-refractivity contribution in [3.05, 3.63) is 69.8 Å². The Morgan fingerprint density at radius 3 is 2.25 bits per heavy atom. The van der Waals surface area contributed by atoms with Gasteiger partial charge in [0.05, 0.1) is 17.6 Å². The molecule has 1 aliphatic heterocycles. The van der Waals surface area contributed by atoms with E-state index in [2.05, 4.69) is 0 Å². The van der Waals surface area contributed by atoms with Gasteiger partial charge in [-0.1, -0.05) is 12.1 Å². The van der Waals surface area contributed by atoms with E-state index in [4.69, 9.17) is 4.74 Å². The highest BCUT2D eigenvalue weighted by molar-refractivity contribution is 5.81. The molecule has 148 valence electrons. The lowest BCUT2D eigenvalue weighted by atomic mass is 9.95. The van der Waals surface area contributed by atoms with Gasteiger partial charge < -0.3 is 9.64 Å². The highest BCUT2D eigenvalue weighted by Gasteiger charge is 2.39. The molecule has 1 unspecified atom stereocenters. The van der Waals surface area contributed by atoms with Gasteiger partial charge in [0.25, 0.3) is 5.69 Å². The van der Waals surface area contributed by atoms with Crippen molar-refractivity contribution in [1.29, 1.82) is 0 Å². The number of nitrogens with zero attached hydrogens (tertiary/aromatic N) is 2. The second-order valence-corrected chi connectivity index (χ2v) is 6.52. The molecule has 2 atom stereocenters. The molecule has 2 aromatic carbocycles. The number of esters is 1. The topological polar surface area (TPSA) is 72.7 Å². The molecule has 0 amide bonds. The van der Waals surface area contributed by atoms with Crippen molar-refractivity contribution in [2.24, 2.45) is 0 Å². The van der Waals surface area contributed by atoms with Gasteiger partial charge in [0.1, 0.15) is 6.04 Å². The number of carbonyl (C=O) groups excluding carboxylic acids is 1. The van der Waals surface area contributed by atoms with Crippen LogP contribution in [-0.2, 0) is 15.7 Å². The first-order chi connectivity index (χ1) is 13.2. The van der Waals surface area contributed by atoms with Gasteiger partial charge in [0.15, 0.2) is 0 Å². The van der Waals surface area contributed by atoms with Crippen LogP contribution in [-0.4, -0.2) is 30.6 Å². The fourth-order valence-electron chi connectivity index (χ4n) is 3.43. The smallest absolute Gasteiger partial charge is 0.416 e. The molecule has 9 heteroatoms. The third-order valence-electron chi connectivity index (χ3n) is 4.88. The highest BCUT2D eigenvalue weighted by atomic mass is 19.4. The first-order valence-electron chi connectivity index (χ1n) is 8.47. The summed E-state index contributed by atoms with van der Waals surface area (Å²) in [6, 6.07) is 10.0. The SMILES string of the molecule is COC(=O)[C@@H]1CC(c2ccc(C(F)(F)F)cc2)CN1c1ccc([N+](=O)[O-])cc1. The maximum atomic E-state index is 12.8. The lowest BCUT2D eigenvalue weighted by Gasteiger charge is -2.24. The number of ether oxygens (including phenoxy) is 1. The van der Waals surface area contributed by atoms with Crippen LogP contribution in [0.1, 0.15) is 23.5 Å². The molecule has 2 aromatic rings. The predicted octanol–water partition coefficient (Wildman–Crippen LogP) is 4.15. The third kappa shape index (κ3) is 3.92. The summed E-state index contributed by atoms with van der Waals surface area (Å²) in [5.41, 5.74) is 0.490. The third-order valence-corrected chi connectivity index (χ3v) is 4.88. The van der Waals surface area contributed by atoms with Gasteiger partial charge in [-0.05, 0) is 36.2 Å². The minimum Gasteiger partial charge on any atom is -0.467 e. The number of rotatable bonds is 4. The van der Waals surface area contributed by atoms with E-state index in [0.717, 1.165) is 12.1 Å². The van der Waals surface area contributed by atoms with E-state index in [1.54, 1.807) is 17.0 Å². The number of halogens is 3. The number of non-ortho nitro benzene ring substituents is 1. The standard InChI is InChI=1S/C19H17F3N2O4/c1-28-18(25)17-10-13(12-2-4-14(5-3-12)19(20,21)22)11-23(17)15-6-8-16(9-7-15)24(26)27/h2-9,13,17H,10-11H2,1H3/t13?,17-/m0/s1. The van der Waals surface area contributed by atoms with E-state index in [1.165, 1.54) is 31.4 Å². The number of hydrogen-bond acceptors (Lipinski definition) is 5. The summed E-state index contributed by atoms with van der Waals surface area (Å²) in [6.07, 6.45) is -4.04. The number of hydrogen-bond donors (Lipinski definition) is 0. The molecule has 1 heterocycles. The van der Waals surface area contributed by atoms with Crippen LogP contribution in [0.2, 0.25) is 0 Å². The largest absolute Gasteiger partial charge is 0.467 e. The number of nitro groups is 1. The van der Waals surface area contributed by atoms with Gasteiger partial charge >= 0.3 is 12.1 Å². The van der Waals surface area contributed by atoms with Crippen LogP contribution in [0.15, 0.2) is 48.5 Å². The Labute approximate surface area is 158 Å². The van der Waals surface area contributed by atoms with Crippen LogP contribution >= 0.6 is 0 Å². The molecule has 0 aromatic heterocycles. The minimum atomic E-state index is -4.41. The normalized spacial score (nSPS) is 19.5. The van der Waals surface area contributed by atoms with Crippen LogP contribution in [0.5, 0.6) is 0 Å². The number of methoxy groups -OCH3 is 1. The number of alkyl halides is 3. The average molecular weight is 394 g/mol. The summed E-state index contributed by atoms with van der Waals surface area (Å²) in [6.45, 7) is 0.378. The van der Waals surface area contributed by atoms with Crippen molar-refractivity contribution >= 4 is 17.3 Å². The summed E-state index contributed by atoms with van der Waals surface area (Å²) in [4.78, 5) is 24.3. The zero-order valence-corrected chi connectivity index (χ0v) is 14.8. The zero-order valence-electron chi connectivity index (χ0n) is 14.8. The summed E-state index contributed by atoms with van der Waals surface area (Å²) < 4.78 is 43.2. The molecule has 1 fully saturated rings. The highest BCUT2D eigenvalue weighted by Crippen LogP contribution is 2.37. The van der Waals surface area contributed by atoms with Crippen LogP contribution in [0, 0.1) is 10.1 Å². The molecule has 0 radical (unpaired) electrons. The summed E-state index contributed by atoms with van der Waals surface area (Å²) in [5, 5.41) is 10.8. The second-order valence-electron chi connectivity index (χ2n) is 6.52. The predicted molar refractivity (Wildman–Crippen MR) is 95.0 cm³/mol. The van der Waals surface area contributed by atoms with Crippen LogP contribution < -0.4 is 4.90 Å². The van der Waals surface area contributed by atoms with Gasteiger partial charge in [-0.2, -0.15) is 13.2 Å². The fourth-order valence-corrected chi connectivity index (χ4v) is 3.43. The fraction of sp³-hybridized carbons (Fsp3) is 0.316. The van der Waals surface area contributed by atoms with E-state index in [1.807, 2.05) is 0 Å². The molecule has 1 aliphatic rings. The van der Waals surface area contributed by atoms with Crippen molar-refractivity contribution in [2.75, 3.05) is 18.6 Å². The quantitative estimate of drug-likeness (QED) is 0.443. The molecule has 28 heavy (non-hydrogen) atoms. The van der Waals surface area contributed by atoms with Crippen molar-refractivity contribution < 1.29 is 27.6 Å². The first-order valence-corrected chi connectivity index (χ1v) is 8.47. The number of benzene rings is 2. The van der Waals surface area contributed by atoms with Crippen LogP contribution in [0.25, 0.3) is 0 Å². The molecule has 0 spiro atoms. The van der Waals surface area contributed by atoms with Crippen LogP contribution in [0.4, 0.5) is 24.5 Å². The van der Waals surface area contributed by atoms with Gasteiger partial charge in [0, 0.05) is 30.3 Å². The molecule has 0 saturated carbocycles. The molecule has 6 nitrogen and oxygen atoms in total. The lowest BCUT2D eigenvalue weighted by Crippen LogP contribution is -2.36. The summed E-state index contributed by atoms with van der Waals surface area (Å²) in [5.74, 6) is -0.644. The maximum absolute atomic E-state index is 12.8. The average Bonchev–Trinajstić information content (AvgIpc) is 3.12. The van der Waals surface area contributed by atoms with Crippen molar-refractivity contribution in [1.82, 2.24) is 0 Å². The summed E-state index contributed by atoms with van der Waals surface area (Å²) in [7, 11) is 1.27. The number of carbonyl (C=O) groups is 1. The Morgan fingerprint density at radius 2 is 1.75 bits per heavy atom. The molecular formula is C19H17F3N2O4. The van der Waals surface area contributed by atoms with Crippen LogP contribution in [0.3, 0.4) is 0 Å². The number of nitro benzene ring substituents is 1. The lowest BCUT2D eigenvalue weighted by molar-refractivity contribution is -0.384. The van der Waals surface area contributed by atoms with Gasteiger partial charge in [-0.3, -0.25) is 10.1 Å². The Hall–Kier alpha value is -3.10. The molecule has 3 rings (SSSR count). The monoisotopic (exact) mass is 394 g/mol. The second kappa shape index (κ2) is 7.49. The van der Waals surface area contributed by atoms with Gasteiger partial charge in [-0.25, -0.2) is 4.79 Å². The molecule has 0 aliphatic carbocycles. The van der Waals surface area contributed by atoms with E-state index in [0.29, 0.717) is 24.2 Å². The molecular weight excluding hydrogens is 377 g/mol. The molecule has 0 N–H and O–H groups in total. The van der Waals surface area contributed by atoms with E-state index in [-0.39, 0.29) is 11.6 Å². The Kier molecular flexibility index (Phi) is 5.26. The maximum Gasteiger partial charge on any atom is 0.416 e. The molecule has 0 bridgehead atoms. The zero-order chi connectivity index (χ0) is 20.5. The Balaban J connectivity index is 1.86. The van der Waals surface area contributed by atoms with Crippen molar-refractivity contribution in [2.45, 2.75) is 24.6 Å². The first kappa shape index (κ1) is 19.7.